The third-order valence-corrected chi connectivity index (χ3v) is 3.49. The fourth-order valence-corrected chi connectivity index (χ4v) is 2.17. The van der Waals surface area contributed by atoms with Gasteiger partial charge in [0.2, 0.25) is 0 Å². The second-order valence-electron chi connectivity index (χ2n) is 5.85. The number of benzene rings is 2. The molecule has 4 N–H and O–H groups in total. The Bertz CT molecular complexity index is 967. The fraction of sp³-hybridized carbons (Fsp3) is 0.391. The number of nitrogens with zero attached hydrogens (tertiary/aromatic N) is 5. The number of hydrogen-bond donors (Lipinski definition) is 4. The number of aliphatic hydroxyl groups is 4. The minimum Gasteiger partial charge on any atom is -0.870 e. The van der Waals surface area contributed by atoms with Gasteiger partial charge in [0.05, 0.1) is 29.5 Å². The van der Waals surface area contributed by atoms with Gasteiger partial charge < -0.3 is 86.1 Å². The van der Waals surface area contributed by atoms with Crippen LogP contribution in [0.3, 0.4) is 0 Å². The molecule has 0 spiro atoms. The number of rotatable bonds is 8. The van der Waals surface area contributed by atoms with Crippen molar-refractivity contribution in [3.05, 3.63) is 93.5 Å². The number of aliphatic hydroxyl groups excluding tert-OH is 4. The van der Waals surface area contributed by atoms with Gasteiger partial charge in [-0.15, -0.1) is 0 Å². The maximum absolute atomic E-state index is 11.9. The summed E-state index contributed by atoms with van der Waals surface area (Å²) in [5.74, 6) is 0.265. The van der Waals surface area contributed by atoms with Crippen molar-refractivity contribution in [2.75, 3.05) is 55.7 Å². The third-order valence-electron chi connectivity index (χ3n) is 3.49. The van der Waals surface area contributed by atoms with E-state index >= 15 is 0 Å². The molecule has 22 nitrogen and oxygen atoms in total. The van der Waals surface area contributed by atoms with Crippen LogP contribution in [-0.4, -0.2) is 104 Å². The van der Waals surface area contributed by atoms with Crippen LogP contribution < -0.4 is 19.7 Å². The van der Waals surface area contributed by atoms with Crippen LogP contribution in [0.1, 0.15) is 17.5 Å². The summed E-state index contributed by atoms with van der Waals surface area (Å²) < 4.78 is 9.97. The van der Waals surface area contributed by atoms with Crippen molar-refractivity contribution in [2.24, 2.45) is 9.98 Å². The number of aliphatic imine (C=N–C) groups is 2. The first-order valence-corrected chi connectivity index (χ1v) is 11.3. The maximum Gasteiger partial charge on any atom is 3.00 e. The topological polar surface area (TPSA) is 369 Å². The van der Waals surface area contributed by atoms with Gasteiger partial charge in [0.25, 0.3) is 0 Å². The average molecular weight is 854 g/mol. The van der Waals surface area contributed by atoms with Crippen LogP contribution in [0.5, 0.6) is 23.0 Å². The Labute approximate surface area is 312 Å². The number of ether oxygens (including phenoxy) is 2. The Morgan fingerprint density at radius 1 is 0.617 bits per heavy atom. The molecule has 2 rings (SSSR count). The normalized spacial score (nSPS) is 8.04. The van der Waals surface area contributed by atoms with Crippen molar-refractivity contribution in [3.8, 4) is 23.0 Å². The molecule has 0 aliphatic heterocycles. The summed E-state index contributed by atoms with van der Waals surface area (Å²) in [5.41, 5.74) is 0.991. The van der Waals surface area contributed by atoms with Crippen LogP contribution in [0.2, 0.25) is 0 Å². The largest absolute Gasteiger partial charge is 3.00 e. The summed E-state index contributed by atoms with van der Waals surface area (Å²) in [6, 6.07) is 10.1. The smallest absolute Gasteiger partial charge is 0.870 e. The van der Waals surface area contributed by atoms with Crippen molar-refractivity contribution in [1.82, 2.24) is 0 Å². The van der Waals surface area contributed by atoms with E-state index in [-0.39, 0.29) is 69.3 Å². The molecule has 2 aromatic carbocycles. The van der Waals surface area contributed by atoms with Crippen LogP contribution in [0.15, 0.2) is 46.4 Å². The molecule has 0 fully saturated rings. The molecule has 0 bridgehead atoms. The van der Waals surface area contributed by atoms with Crippen LogP contribution in [0.4, 0.5) is 0 Å². The van der Waals surface area contributed by atoms with Gasteiger partial charge in [0, 0.05) is 95.2 Å². The molecule has 0 aliphatic rings. The molecule has 0 saturated carbocycles. The zero-order valence-corrected chi connectivity index (χ0v) is 30.7. The molecule has 0 saturated heterocycles. The molecule has 24 heteroatoms. The van der Waals surface area contributed by atoms with E-state index in [9.17, 15) is 10.2 Å². The summed E-state index contributed by atoms with van der Waals surface area (Å²) in [5, 5.41) is 96.1. The molecule has 0 atom stereocenters. The van der Waals surface area contributed by atoms with Crippen molar-refractivity contribution in [2.45, 2.75) is 6.42 Å². The predicted octanol–water partition coefficient (Wildman–Crippen LogP) is -0.507. The molecule has 270 valence electrons. The average Bonchev–Trinajstić information content (AvgIpc) is 3.01. The zero-order valence-electron chi connectivity index (χ0n) is 26.0. The van der Waals surface area contributed by atoms with Gasteiger partial charge in [-0.05, 0) is 29.7 Å². The summed E-state index contributed by atoms with van der Waals surface area (Å²) in [7, 11) is 6.93. The zero-order chi connectivity index (χ0) is 36.8. The molecule has 0 heterocycles. The maximum atomic E-state index is 11.9. The number of para-hydroxylation sites is 2. The second-order valence-corrected chi connectivity index (χ2v) is 5.85. The first kappa shape index (κ1) is 62.2. The minimum absolute atomic E-state index is 0. The molecule has 2 radical (unpaired) electrons. The van der Waals surface area contributed by atoms with Crippen molar-refractivity contribution >= 4 is 12.4 Å². The molecule has 2 aromatic rings. The first-order chi connectivity index (χ1) is 21.4. The van der Waals surface area contributed by atoms with Crippen LogP contribution in [0, 0.1) is 87.3 Å². The Hall–Kier alpha value is -3.72. The number of hydrogen-bond acceptors (Lipinski definition) is 19. The van der Waals surface area contributed by atoms with Gasteiger partial charge in [-0.25, -0.2) is 0 Å². The van der Waals surface area contributed by atoms with Crippen molar-refractivity contribution in [3.63, 3.8) is 0 Å². The van der Waals surface area contributed by atoms with E-state index in [0.29, 0.717) is 42.1 Å². The van der Waals surface area contributed by atoms with Gasteiger partial charge in [0.1, 0.15) is 11.5 Å². The third kappa shape index (κ3) is 46.8. The molecular weight excluding hydrogens is 818 g/mol. The Morgan fingerprint density at radius 2 is 0.851 bits per heavy atom. The molecular formula is C23H36N5NiO17Pr-2. The van der Waals surface area contributed by atoms with E-state index in [4.69, 9.17) is 75.9 Å². The second kappa shape index (κ2) is 49.2. The van der Waals surface area contributed by atoms with E-state index in [1.807, 2.05) is 0 Å². The Balaban J connectivity index is -0.0000000962. The van der Waals surface area contributed by atoms with E-state index < -0.39 is 15.3 Å². The predicted molar refractivity (Wildman–Crippen MR) is 158 cm³/mol. The summed E-state index contributed by atoms with van der Waals surface area (Å²) in [6.07, 6.45) is 3.81. The van der Waals surface area contributed by atoms with E-state index in [2.05, 4.69) is 9.98 Å². The molecule has 0 aromatic heterocycles. The van der Waals surface area contributed by atoms with Gasteiger partial charge in [0.15, 0.2) is 0 Å². The van der Waals surface area contributed by atoms with Gasteiger partial charge >= 0.3 is 16.5 Å². The monoisotopic (exact) mass is 853 g/mol. The minimum atomic E-state index is -1.75. The van der Waals surface area contributed by atoms with Crippen molar-refractivity contribution in [1.29, 1.82) is 0 Å². The fourth-order valence-electron chi connectivity index (χ4n) is 2.17. The molecule has 47 heavy (non-hydrogen) atoms. The molecule has 0 aliphatic carbocycles. The number of methoxy groups -OCH3 is 2. The molecule has 0 amide bonds. The Morgan fingerprint density at radius 3 is 1.06 bits per heavy atom. The van der Waals surface area contributed by atoms with E-state index in [1.165, 1.54) is 14.2 Å². The van der Waals surface area contributed by atoms with Gasteiger partial charge in [-0.3, -0.25) is 9.98 Å². The molecule has 0 unspecified atom stereocenters. The van der Waals surface area contributed by atoms with Crippen LogP contribution in [0.25, 0.3) is 0 Å². The van der Waals surface area contributed by atoms with Crippen LogP contribution in [-0.2, 0) is 16.5 Å². The van der Waals surface area contributed by atoms with Gasteiger partial charge in [-0.2, -0.15) is 0 Å². The standard InChI is InChI=1S/C19H22N2O4.4CH4O.3NO3.Ni.Pr/c1-24-16-8-3-6-14(18(16)22)12-20-10-5-11-21-13-15-7-4-9-17(25-2)19(15)23;4*1-2;3*2-1(3)4;;/h3-4,6-9,12-13,22-23H,5,10-11H2,1-2H3;4*2H,1H3;;;;;/q;;;;;3*-1;+3;/p-2. The van der Waals surface area contributed by atoms with Gasteiger partial charge in [-0.1, -0.05) is 35.8 Å². The van der Waals surface area contributed by atoms with E-state index in [1.54, 1.807) is 48.8 Å². The quantitative estimate of drug-likeness (QED) is 0.0854. The summed E-state index contributed by atoms with van der Waals surface area (Å²) in [6.45, 7) is 1.08. The van der Waals surface area contributed by atoms with E-state index in [0.717, 1.165) is 28.4 Å². The Kier molecular flexibility index (Phi) is 65.0. The summed E-state index contributed by atoms with van der Waals surface area (Å²) in [4.78, 5) is 33.2. The first-order valence-electron chi connectivity index (χ1n) is 11.3. The van der Waals surface area contributed by atoms with Crippen molar-refractivity contribution < 1.29 is 113 Å². The van der Waals surface area contributed by atoms with Crippen LogP contribution >= 0.6 is 0 Å². The summed E-state index contributed by atoms with van der Waals surface area (Å²) >= 11 is 0. The SMILES string of the molecule is CO.CO.CO.CO.COc1cccc(C=NCCCN=Cc2cccc(OC)c2[O-])c1[O-].O=[N+]([O-])[O-].O=[N+]([O-])[O-].O=[N+]([O-])[O-].[Ni+3].[Pr].